The van der Waals surface area contributed by atoms with Gasteiger partial charge in [-0.15, -0.1) is 5.54 Å². The Hall–Kier alpha value is -0.303. The van der Waals surface area contributed by atoms with Gasteiger partial charge in [0.2, 0.25) is 0 Å². The number of rotatable bonds is 3. The summed E-state index contributed by atoms with van der Waals surface area (Å²) < 4.78 is 10.9. The van der Waals surface area contributed by atoms with Crippen LogP contribution in [0.3, 0.4) is 0 Å². The molecule has 0 aromatic heterocycles. The first kappa shape index (κ1) is 11.8. The Kier molecular flexibility index (Phi) is 3.41. The molecule has 1 aliphatic carbocycles. The number of hydrogen-bond acceptors (Lipinski definition) is 2. The van der Waals surface area contributed by atoms with Crippen LogP contribution in [0.25, 0.3) is 0 Å². The van der Waals surface area contributed by atoms with Crippen LogP contribution >= 0.6 is 0 Å². The number of hydrogen-bond donors (Lipinski definition) is 0. The van der Waals surface area contributed by atoms with Crippen LogP contribution < -0.4 is 0 Å². The monoisotopic (exact) mass is 212 g/mol. The lowest BCUT2D eigenvalue weighted by Crippen LogP contribution is -2.21. The molecule has 0 unspecified atom stereocenters. The van der Waals surface area contributed by atoms with E-state index in [2.05, 4.69) is 31.1 Å². The fourth-order valence-corrected chi connectivity index (χ4v) is 1.89. The van der Waals surface area contributed by atoms with Crippen LogP contribution in [-0.2, 0) is 9.47 Å². The molecule has 1 aliphatic rings. The van der Waals surface area contributed by atoms with Crippen molar-refractivity contribution in [3.63, 3.8) is 0 Å². The van der Waals surface area contributed by atoms with E-state index in [0.29, 0.717) is 0 Å². The van der Waals surface area contributed by atoms with Crippen molar-refractivity contribution in [1.82, 2.24) is 0 Å². The number of methoxy groups -OCH3 is 1. The summed E-state index contributed by atoms with van der Waals surface area (Å²) in [5.74, 6) is 3.26. The van der Waals surface area contributed by atoms with Gasteiger partial charge in [-0.1, -0.05) is 25.6 Å². The van der Waals surface area contributed by atoms with Gasteiger partial charge in [-0.25, -0.2) is 0 Å². The quantitative estimate of drug-likeness (QED) is 0.526. The standard InChI is InChI=1S/C11H20O2Si/c1-6-13-10-9-11(10,12-2)7-8-14(3,4)5/h10H,6,9H2,1-5H3/t10-,11-/m1/s1. The van der Waals surface area contributed by atoms with Gasteiger partial charge in [-0.2, -0.15) is 0 Å². The SMILES string of the molecule is CCO[C@@H]1C[C@@]1(C#C[Si](C)(C)C)OC. The minimum atomic E-state index is -1.29. The molecule has 3 heteroatoms. The van der Waals surface area contributed by atoms with Gasteiger partial charge in [0.15, 0.2) is 5.60 Å². The summed E-state index contributed by atoms with van der Waals surface area (Å²) in [6.07, 6.45) is 1.12. The highest BCUT2D eigenvalue weighted by molar-refractivity contribution is 6.83. The fraction of sp³-hybridized carbons (Fsp3) is 0.818. The van der Waals surface area contributed by atoms with Crippen molar-refractivity contribution >= 4 is 8.07 Å². The summed E-state index contributed by atoms with van der Waals surface area (Å²) in [6, 6.07) is 0. The Bertz CT molecular complexity index is 259. The molecule has 0 bridgehead atoms. The van der Waals surface area contributed by atoms with Crippen molar-refractivity contribution in [3.8, 4) is 11.5 Å². The molecule has 14 heavy (non-hydrogen) atoms. The summed E-state index contributed by atoms with van der Waals surface area (Å²) in [5.41, 5.74) is 3.07. The smallest absolute Gasteiger partial charge is 0.156 e. The van der Waals surface area contributed by atoms with Crippen LogP contribution in [0.1, 0.15) is 13.3 Å². The Morgan fingerprint density at radius 2 is 2.07 bits per heavy atom. The minimum absolute atomic E-state index is 0.196. The van der Waals surface area contributed by atoms with E-state index in [1.807, 2.05) is 6.92 Å². The lowest BCUT2D eigenvalue weighted by Gasteiger charge is -2.10. The van der Waals surface area contributed by atoms with E-state index in [1.54, 1.807) is 7.11 Å². The first-order valence-corrected chi connectivity index (χ1v) is 8.64. The summed E-state index contributed by atoms with van der Waals surface area (Å²) >= 11 is 0. The Morgan fingerprint density at radius 3 is 2.50 bits per heavy atom. The molecule has 0 aliphatic heterocycles. The van der Waals surface area contributed by atoms with Crippen molar-refractivity contribution in [2.75, 3.05) is 13.7 Å². The molecule has 0 amide bonds. The summed E-state index contributed by atoms with van der Waals surface area (Å²) in [7, 11) is 0.428. The topological polar surface area (TPSA) is 18.5 Å². The van der Waals surface area contributed by atoms with Crippen LogP contribution in [0.4, 0.5) is 0 Å². The van der Waals surface area contributed by atoms with Gasteiger partial charge in [0.05, 0.1) is 0 Å². The zero-order chi connectivity index (χ0) is 10.8. The van der Waals surface area contributed by atoms with Gasteiger partial charge in [0.1, 0.15) is 14.2 Å². The normalized spacial score (nSPS) is 30.8. The average molecular weight is 212 g/mol. The van der Waals surface area contributed by atoms with Gasteiger partial charge in [0.25, 0.3) is 0 Å². The first-order valence-electron chi connectivity index (χ1n) is 5.14. The Balaban J connectivity index is 2.61. The van der Waals surface area contributed by atoms with Crippen molar-refractivity contribution < 1.29 is 9.47 Å². The second-order valence-electron chi connectivity index (χ2n) is 4.74. The molecule has 1 rings (SSSR count). The lowest BCUT2D eigenvalue weighted by atomic mass is 10.3. The summed E-state index contributed by atoms with van der Waals surface area (Å²) in [6.45, 7) is 9.46. The van der Waals surface area contributed by atoms with E-state index in [4.69, 9.17) is 9.47 Å². The molecule has 0 heterocycles. The van der Waals surface area contributed by atoms with E-state index in [9.17, 15) is 0 Å². The molecular formula is C11H20O2Si. The predicted molar refractivity (Wildman–Crippen MR) is 60.9 cm³/mol. The number of ether oxygens (including phenoxy) is 2. The van der Waals surface area contributed by atoms with Crippen LogP contribution in [0.2, 0.25) is 19.6 Å². The van der Waals surface area contributed by atoms with Gasteiger partial charge in [-0.3, -0.25) is 0 Å². The third-order valence-corrected chi connectivity index (χ3v) is 3.10. The molecule has 0 radical (unpaired) electrons. The van der Waals surface area contributed by atoms with Crippen molar-refractivity contribution in [3.05, 3.63) is 0 Å². The van der Waals surface area contributed by atoms with Crippen LogP contribution in [0.15, 0.2) is 0 Å². The second kappa shape index (κ2) is 4.06. The van der Waals surface area contributed by atoms with E-state index in [1.165, 1.54) is 0 Å². The van der Waals surface area contributed by atoms with Gasteiger partial charge in [-0.05, 0) is 6.92 Å². The Labute approximate surface area is 88.0 Å². The molecule has 2 nitrogen and oxygen atoms in total. The molecule has 2 atom stereocenters. The van der Waals surface area contributed by atoms with E-state index >= 15 is 0 Å². The van der Waals surface area contributed by atoms with Crippen molar-refractivity contribution in [2.45, 2.75) is 44.7 Å². The molecule has 0 saturated heterocycles. The molecule has 0 N–H and O–H groups in total. The van der Waals surface area contributed by atoms with E-state index in [0.717, 1.165) is 13.0 Å². The molecule has 0 aromatic rings. The zero-order valence-corrected chi connectivity index (χ0v) is 10.8. The molecule has 0 aromatic carbocycles. The van der Waals surface area contributed by atoms with Crippen LogP contribution in [0, 0.1) is 11.5 Å². The maximum absolute atomic E-state index is 5.51. The average Bonchev–Trinajstić information content (AvgIpc) is 2.76. The Morgan fingerprint density at radius 1 is 1.43 bits per heavy atom. The molecule has 1 saturated carbocycles. The predicted octanol–water partition coefficient (Wildman–Crippen LogP) is 2.06. The van der Waals surface area contributed by atoms with Gasteiger partial charge >= 0.3 is 0 Å². The van der Waals surface area contributed by atoms with Crippen LogP contribution in [0.5, 0.6) is 0 Å². The maximum Gasteiger partial charge on any atom is 0.156 e. The van der Waals surface area contributed by atoms with E-state index in [-0.39, 0.29) is 11.7 Å². The lowest BCUT2D eigenvalue weighted by molar-refractivity contribution is 0.0403. The van der Waals surface area contributed by atoms with Gasteiger partial charge in [0, 0.05) is 20.1 Å². The van der Waals surface area contributed by atoms with Gasteiger partial charge < -0.3 is 9.47 Å². The highest BCUT2D eigenvalue weighted by Gasteiger charge is 2.55. The zero-order valence-electron chi connectivity index (χ0n) is 9.81. The molecule has 80 valence electrons. The molecular weight excluding hydrogens is 192 g/mol. The highest BCUT2D eigenvalue weighted by Crippen LogP contribution is 2.41. The summed E-state index contributed by atoms with van der Waals surface area (Å²) in [4.78, 5) is 0. The third-order valence-electron chi connectivity index (χ3n) is 2.23. The van der Waals surface area contributed by atoms with Crippen molar-refractivity contribution in [2.24, 2.45) is 0 Å². The third kappa shape index (κ3) is 2.84. The summed E-state index contributed by atoms with van der Waals surface area (Å²) in [5, 5.41) is 0. The molecule has 1 fully saturated rings. The highest BCUT2D eigenvalue weighted by atomic mass is 28.3. The maximum atomic E-state index is 5.51. The largest absolute Gasteiger partial charge is 0.374 e. The fourth-order valence-electron chi connectivity index (χ4n) is 1.30. The first-order chi connectivity index (χ1) is 6.43. The van der Waals surface area contributed by atoms with E-state index < -0.39 is 8.07 Å². The van der Waals surface area contributed by atoms with Crippen molar-refractivity contribution in [1.29, 1.82) is 0 Å². The van der Waals surface area contributed by atoms with Crippen LogP contribution in [-0.4, -0.2) is 33.5 Å². The molecule has 0 spiro atoms. The minimum Gasteiger partial charge on any atom is -0.374 e. The second-order valence-corrected chi connectivity index (χ2v) is 9.49.